The zero-order chi connectivity index (χ0) is 15.4. The highest BCUT2D eigenvalue weighted by atomic mass is 16.2. The molecule has 0 atom stereocenters. The number of primary amides is 1. The van der Waals surface area contributed by atoms with Gasteiger partial charge in [0.15, 0.2) is 0 Å². The fraction of sp³-hybridized carbons (Fsp3) is 0.125. The number of rotatable bonds is 4. The fourth-order valence-corrected chi connectivity index (χ4v) is 2.02. The third kappa shape index (κ3) is 3.27. The van der Waals surface area contributed by atoms with E-state index < -0.39 is 5.91 Å². The minimum absolute atomic E-state index is 0.247. The van der Waals surface area contributed by atoms with Gasteiger partial charge < -0.3 is 16.8 Å². The van der Waals surface area contributed by atoms with Crippen LogP contribution >= 0.6 is 0 Å². The molecule has 0 aromatic heterocycles. The maximum Gasteiger partial charge on any atom is 0.255 e. The number of nitrogens with two attached hydrogens (primary N) is 2. The molecule has 5 heteroatoms. The Balaban J connectivity index is 2.23. The van der Waals surface area contributed by atoms with Crippen molar-refractivity contribution in [2.75, 3.05) is 5.32 Å². The molecular weight excluding hydrogens is 266 g/mol. The minimum atomic E-state index is -0.518. The Hall–Kier alpha value is -2.66. The maximum atomic E-state index is 12.2. The Morgan fingerprint density at radius 1 is 1.10 bits per heavy atom. The van der Waals surface area contributed by atoms with Crippen molar-refractivity contribution in [2.45, 2.75) is 13.5 Å². The highest BCUT2D eigenvalue weighted by molar-refractivity contribution is 6.05. The lowest BCUT2D eigenvalue weighted by Crippen LogP contribution is -2.16. The lowest BCUT2D eigenvalue weighted by atomic mass is 10.1. The van der Waals surface area contributed by atoms with Crippen LogP contribution in [0.25, 0.3) is 0 Å². The highest BCUT2D eigenvalue weighted by Gasteiger charge is 2.11. The second kappa shape index (κ2) is 6.19. The molecule has 0 aliphatic carbocycles. The van der Waals surface area contributed by atoms with E-state index in [0.717, 1.165) is 5.56 Å². The average molecular weight is 283 g/mol. The van der Waals surface area contributed by atoms with Crippen LogP contribution in [0, 0.1) is 6.92 Å². The number of nitrogens with one attached hydrogen (secondary N) is 1. The number of anilines is 1. The highest BCUT2D eigenvalue weighted by Crippen LogP contribution is 2.19. The molecule has 0 aliphatic heterocycles. The summed E-state index contributed by atoms with van der Waals surface area (Å²) in [4.78, 5) is 23.5. The van der Waals surface area contributed by atoms with Crippen LogP contribution in [-0.2, 0) is 6.54 Å². The van der Waals surface area contributed by atoms with Crippen molar-refractivity contribution in [1.29, 1.82) is 0 Å². The van der Waals surface area contributed by atoms with Crippen LogP contribution < -0.4 is 16.8 Å². The summed E-state index contributed by atoms with van der Waals surface area (Å²) in [6, 6.07) is 12.1. The van der Waals surface area contributed by atoms with Gasteiger partial charge in [0, 0.05) is 23.4 Å². The first-order valence-electron chi connectivity index (χ1n) is 6.52. The van der Waals surface area contributed by atoms with E-state index in [9.17, 15) is 9.59 Å². The molecule has 5 nitrogen and oxygen atoms in total. The Kier molecular flexibility index (Phi) is 4.35. The van der Waals surface area contributed by atoms with Crippen LogP contribution in [0.3, 0.4) is 0 Å². The van der Waals surface area contributed by atoms with E-state index in [-0.39, 0.29) is 5.91 Å². The summed E-state index contributed by atoms with van der Waals surface area (Å²) >= 11 is 0. The molecule has 2 aromatic carbocycles. The summed E-state index contributed by atoms with van der Waals surface area (Å²) in [5.74, 6) is -0.765. The summed E-state index contributed by atoms with van der Waals surface area (Å²) in [5, 5.41) is 2.78. The largest absolute Gasteiger partial charge is 0.366 e. The molecule has 0 heterocycles. The number of hydrogen-bond acceptors (Lipinski definition) is 3. The first-order valence-corrected chi connectivity index (χ1v) is 6.52. The maximum absolute atomic E-state index is 12.2. The first-order chi connectivity index (χ1) is 10.0. The molecule has 108 valence electrons. The third-order valence-corrected chi connectivity index (χ3v) is 3.30. The standard InChI is InChI=1S/C16H17N3O2/c1-10-13(15(18)20)3-2-4-14(10)19-16(21)12-7-5-11(9-17)6-8-12/h2-8H,9,17H2,1H3,(H2,18,20)(H,19,21). The molecule has 0 spiro atoms. The topological polar surface area (TPSA) is 98.2 Å². The van der Waals surface area contributed by atoms with Gasteiger partial charge in [-0.3, -0.25) is 9.59 Å². The van der Waals surface area contributed by atoms with Gasteiger partial charge in [-0.2, -0.15) is 0 Å². The quantitative estimate of drug-likeness (QED) is 0.798. The molecule has 0 bridgehead atoms. The van der Waals surface area contributed by atoms with Crippen molar-refractivity contribution in [2.24, 2.45) is 11.5 Å². The van der Waals surface area contributed by atoms with Crippen molar-refractivity contribution in [3.63, 3.8) is 0 Å². The molecule has 5 N–H and O–H groups in total. The second-order valence-corrected chi connectivity index (χ2v) is 4.70. The van der Waals surface area contributed by atoms with E-state index in [1.165, 1.54) is 0 Å². The normalized spacial score (nSPS) is 10.2. The van der Waals surface area contributed by atoms with Gasteiger partial charge in [-0.15, -0.1) is 0 Å². The van der Waals surface area contributed by atoms with Gasteiger partial charge in [-0.05, 0) is 42.3 Å². The SMILES string of the molecule is Cc1c(NC(=O)c2ccc(CN)cc2)cccc1C(N)=O. The molecule has 2 rings (SSSR count). The van der Waals surface area contributed by atoms with E-state index in [1.54, 1.807) is 37.3 Å². The fourth-order valence-electron chi connectivity index (χ4n) is 2.02. The molecule has 0 saturated carbocycles. The van der Waals surface area contributed by atoms with Crippen molar-refractivity contribution < 1.29 is 9.59 Å². The Bertz CT molecular complexity index is 678. The molecule has 2 amide bonds. The van der Waals surface area contributed by atoms with Gasteiger partial charge in [0.1, 0.15) is 0 Å². The second-order valence-electron chi connectivity index (χ2n) is 4.70. The van der Waals surface area contributed by atoms with Gasteiger partial charge in [-0.25, -0.2) is 0 Å². The van der Waals surface area contributed by atoms with E-state index in [0.29, 0.717) is 28.9 Å². The van der Waals surface area contributed by atoms with Gasteiger partial charge in [-0.1, -0.05) is 18.2 Å². The number of hydrogen-bond donors (Lipinski definition) is 3. The van der Waals surface area contributed by atoms with Crippen LogP contribution in [0.15, 0.2) is 42.5 Å². The van der Waals surface area contributed by atoms with E-state index in [1.807, 2.05) is 12.1 Å². The molecular formula is C16H17N3O2. The van der Waals surface area contributed by atoms with E-state index in [4.69, 9.17) is 11.5 Å². The van der Waals surface area contributed by atoms with Gasteiger partial charge in [0.2, 0.25) is 5.91 Å². The van der Waals surface area contributed by atoms with Gasteiger partial charge in [0.05, 0.1) is 0 Å². The minimum Gasteiger partial charge on any atom is -0.366 e. The Labute approximate surface area is 123 Å². The molecule has 21 heavy (non-hydrogen) atoms. The van der Waals surface area contributed by atoms with Crippen molar-refractivity contribution in [1.82, 2.24) is 0 Å². The van der Waals surface area contributed by atoms with Crippen LogP contribution in [0.2, 0.25) is 0 Å². The lowest BCUT2D eigenvalue weighted by molar-refractivity contribution is 0.0995. The molecule has 0 radical (unpaired) electrons. The van der Waals surface area contributed by atoms with Crippen molar-refractivity contribution in [3.8, 4) is 0 Å². The zero-order valence-corrected chi connectivity index (χ0v) is 11.7. The third-order valence-electron chi connectivity index (χ3n) is 3.30. The first kappa shape index (κ1) is 14.7. The molecule has 0 unspecified atom stereocenters. The summed E-state index contributed by atoms with van der Waals surface area (Å²) in [6.07, 6.45) is 0. The van der Waals surface area contributed by atoms with Gasteiger partial charge >= 0.3 is 0 Å². The number of carbonyl (C=O) groups excluding carboxylic acids is 2. The van der Waals surface area contributed by atoms with Crippen molar-refractivity contribution in [3.05, 3.63) is 64.7 Å². The van der Waals surface area contributed by atoms with Crippen LogP contribution in [0.5, 0.6) is 0 Å². The van der Waals surface area contributed by atoms with Crippen LogP contribution in [0.4, 0.5) is 5.69 Å². The Morgan fingerprint density at radius 2 is 1.76 bits per heavy atom. The van der Waals surface area contributed by atoms with E-state index >= 15 is 0 Å². The molecule has 0 saturated heterocycles. The smallest absolute Gasteiger partial charge is 0.255 e. The Morgan fingerprint density at radius 3 is 2.33 bits per heavy atom. The van der Waals surface area contributed by atoms with E-state index in [2.05, 4.69) is 5.32 Å². The van der Waals surface area contributed by atoms with Gasteiger partial charge in [0.25, 0.3) is 5.91 Å². The van der Waals surface area contributed by atoms with Crippen LogP contribution in [-0.4, -0.2) is 11.8 Å². The average Bonchev–Trinajstić information content (AvgIpc) is 2.49. The number of carbonyl (C=O) groups is 2. The number of benzene rings is 2. The predicted octanol–water partition coefficient (Wildman–Crippen LogP) is 1.80. The van der Waals surface area contributed by atoms with Crippen molar-refractivity contribution >= 4 is 17.5 Å². The summed E-state index contributed by atoms with van der Waals surface area (Å²) in [6.45, 7) is 2.18. The zero-order valence-electron chi connectivity index (χ0n) is 11.7. The summed E-state index contributed by atoms with van der Waals surface area (Å²) in [5.41, 5.74) is 13.9. The molecule has 0 fully saturated rings. The predicted molar refractivity (Wildman–Crippen MR) is 82.0 cm³/mol. The molecule has 2 aromatic rings. The summed E-state index contributed by atoms with van der Waals surface area (Å²) < 4.78 is 0. The molecule has 0 aliphatic rings. The lowest BCUT2D eigenvalue weighted by Gasteiger charge is -2.11. The summed E-state index contributed by atoms with van der Waals surface area (Å²) in [7, 11) is 0. The number of amides is 2. The van der Waals surface area contributed by atoms with Crippen LogP contribution in [0.1, 0.15) is 31.8 Å². The monoisotopic (exact) mass is 283 g/mol.